The van der Waals surface area contributed by atoms with Gasteiger partial charge in [-0.25, -0.2) is 28.8 Å². The lowest BCUT2D eigenvalue weighted by atomic mass is 10.5. The molecule has 15 nitrogen and oxygen atoms in total. The number of carbonyl (C=O) groups is 3. The average molecular weight is 471 g/mol. The molecule has 0 aromatic carbocycles. The number of ether oxygens (including phenoxy) is 3. The van der Waals surface area contributed by atoms with Gasteiger partial charge < -0.3 is 28.7 Å². The molecule has 1 rings (SSSR count). The lowest BCUT2D eigenvalue weighted by Crippen LogP contribution is -2.64. The third-order valence-corrected chi connectivity index (χ3v) is 3.19. The van der Waals surface area contributed by atoms with E-state index < -0.39 is 47.6 Å². The van der Waals surface area contributed by atoms with Crippen LogP contribution >= 0.6 is 0 Å². The van der Waals surface area contributed by atoms with E-state index in [0.29, 0.717) is 18.2 Å². The van der Waals surface area contributed by atoms with Crippen LogP contribution in [0.15, 0.2) is 52.3 Å². The van der Waals surface area contributed by atoms with Crippen LogP contribution in [0.5, 0.6) is 0 Å². The summed E-state index contributed by atoms with van der Waals surface area (Å²) in [5, 5.41) is 0. The normalized spacial score (nSPS) is 10.4. The SMILES string of the molecule is C=CC(=O)OCC(OC(=O)C=C)(OC(=O)C=C)On1c(=O)n(OCC)c(=O)n(OCC)c1=O. The van der Waals surface area contributed by atoms with E-state index in [1.807, 2.05) is 0 Å². The summed E-state index contributed by atoms with van der Waals surface area (Å²) in [5.41, 5.74) is -4.43. The van der Waals surface area contributed by atoms with Crippen molar-refractivity contribution < 1.29 is 43.1 Å². The highest BCUT2D eigenvalue weighted by atomic mass is 16.9. The number of hydrogen-bond donors (Lipinski definition) is 0. The van der Waals surface area contributed by atoms with E-state index in [4.69, 9.17) is 28.7 Å². The maximum Gasteiger partial charge on any atom is 0.477 e. The molecule has 0 radical (unpaired) electrons. The Hall–Kier alpha value is -4.56. The largest absolute Gasteiger partial charge is 0.477 e. The lowest BCUT2D eigenvalue weighted by molar-refractivity contribution is -0.356. The third-order valence-electron chi connectivity index (χ3n) is 3.19. The van der Waals surface area contributed by atoms with E-state index in [-0.39, 0.29) is 27.4 Å². The van der Waals surface area contributed by atoms with Crippen molar-refractivity contribution in [3.8, 4) is 0 Å². The maximum atomic E-state index is 12.7. The molecule has 0 fully saturated rings. The molecule has 0 N–H and O–H groups in total. The van der Waals surface area contributed by atoms with Crippen LogP contribution in [-0.4, -0.2) is 57.9 Å². The molecule has 0 bridgehead atoms. The van der Waals surface area contributed by atoms with Crippen LogP contribution in [0.2, 0.25) is 0 Å². The second kappa shape index (κ2) is 11.7. The monoisotopic (exact) mass is 471 g/mol. The van der Waals surface area contributed by atoms with E-state index in [0.717, 1.165) is 0 Å². The van der Waals surface area contributed by atoms with Crippen molar-refractivity contribution in [1.29, 1.82) is 0 Å². The summed E-state index contributed by atoms with van der Waals surface area (Å²) in [7, 11) is 0. The zero-order valence-electron chi connectivity index (χ0n) is 17.7. The van der Waals surface area contributed by atoms with Crippen LogP contribution in [-0.2, 0) is 28.6 Å². The molecule has 180 valence electrons. The minimum absolute atomic E-state index is 0.0855. The van der Waals surface area contributed by atoms with Crippen LogP contribution in [0, 0.1) is 0 Å². The second-order valence-corrected chi connectivity index (χ2v) is 5.40. The van der Waals surface area contributed by atoms with Gasteiger partial charge in [-0.15, -0.1) is 0 Å². The van der Waals surface area contributed by atoms with Gasteiger partial charge in [0.15, 0.2) is 0 Å². The quantitative estimate of drug-likeness (QED) is 0.166. The summed E-state index contributed by atoms with van der Waals surface area (Å²) in [5.74, 6) is -6.75. The number of nitrogens with zero attached hydrogens (tertiary/aromatic N) is 3. The van der Waals surface area contributed by atoms with E-state index in [2.05, 4.69) is 19.7 Å². The van der Waals surface area contributed by atoms with Gasteiger partial charge in [-0.2, -0.15) is 0 Å². The molecule has 0 aliphatic rings. The minimum atomic E-state index is -3.07. The molecule has 0 spiro atoms. The van der Waals surface area contributed by atoms with Crippen molar-refractivity contribution >= 4 is 17.9 Å². The predicted molar refractivity (Wildman–Crippen MR) is 107 cm³/mol. The Kier molecular flexibility index (Phi) is 9.41. The minimum Gasteiger partial charge on any atom is -0.450 e. The Morgan fingerprint density at radius 1 is 0.758 bits per heavy atom. The van der Waals surface area contributed by atoms with Crippen LogP contribution < -0.4 is 31.6 Å². The molecule has 1 heterocycles. The molecule has 33 heavy (non-hydrogen) atoms. The van der Waals surface area contributed by atoms with Crippen LogP contribution in [0.3, 0.4) is 0 Å². The van der Waals surface area contributed by atoms with Gasteiger partial charge in [0.2, 0.25) is 6.61 Å². The topological polar surface area (TPSA) is 173 Å². The van der Waals surface area contributed by atoms with Gasteiger partial charge in [-0.1, -0.05) is 33.9 Å². The van der Waals surface area contributed by atoms with Gasteiger partial charge in [0, 0.05) is 18.2 Å². The fraction of sp³-hybridized carbons (Fsp3) is 0.333. The van der Waals surface area contributed by atoms with Gasteiger partial charge in [-0.05, 0) is 13.8 Å². The number of aromatic nitrogens is 3. The zero-order chi connectivity index (χ0) is 25.2. The number of hydrogen-bond acceptors (Lipinski definition) is 12. The molecule has 0 saturated heterocycles. The summed E-state index contributed by atoms with van der Waals surface area (Å²) in [6.07, 6.45) is 1.92. The van der Waals surface area contributed by atoms with Gasteiger partial charge >= 0.3 is 41.0 Å². The molecule has 1 aromatic rings. The summed E-state index contributed by atoms with van der Waals surface area (Å²) < 4.78 is 14.4. The van der Waals surface area contributed by atoms with Crippen LogP contribution in [0.4, 0.5) is 0 Å². The Labute approximate surface area is 185 Å². The summed E-state index contributed by atoms with van der Waals surface area (Å²) in [6, 6.07) is 0. The highest BCUT2D eigenvalue weighted by Crippen LogP contribution is 2.15. The zero-order valence-corrected chi connectivity index (χ0v) is 17.7. The number of esters is 3. The highest BCUT2D eigenvalue weighted by molar-refractivity contribution is 5.83. The molecule has 0 aliphatic carbocycles. The molecular weight excluding hydrogens is 450 g/mol. The molecule has 0 saturated carbocycles. The van der Waals surface area contributed by atoms with Crippen molar-refractivity contribution in [2.45, 2.75) is 19.8 Å². The van der Waals surface area contributed by atoms with Gasteiger partial charge in [-0.3, -0.25) is 0 Å². The molecule has 15 heteroatoms. The summed E-state index contributed by atoms with van der Waals surface area (Å²) >= 11 is 0. The van der Waals surface area contributed by atoms with Crippen molar-refractivity contribution in [3.63, 3.8) is 0 Å². The highest BCUT2D eigenvalue weighted by Gasteiger charge is 2.46. The average Bonchev–Trinajstić information content (AvgIpc) is 2.80. The van der Waals surface area contributed by atoms with Gasteiger partial charge in [0.1, 0.15) is 13.2 Å². The maximum absolute atomic E-state index is 12.7. The standard InChI is InChI=1S/C18H21N3O12/c1-6-12(22)28-11-18(31-13(23)7-2,32-14(24)8-3)33-21-16(26)19(29-9-4)15(25)20(17(21)27)30-10-5/h6-8H,1-3,9-11H2,4-5H3. The first-order valence-corrected chi connectivity index (χ1v) is 9.06. The fourth-order valence-corrected chi connectivity index (χ4v) is 1.94. The predicted octanol–water partition coefficient (Wildman–Crippen LogP) is -2.66. The number of rotatable bonds is 13. The first kappa shape index (κ1) is 26.5. The van der Waals surface area contributed by atoms with Gasteiger partial charge in [0.05, 0.1) is 0 Å². The Balaban J connectivity index is 3.82. The Morgan fingerprint density at radius 3 is 1.52 bits per heavy atom. The van der Waals surface area contributed by atoms with Crippen molar-refractivity contribution in [2.75, 3.05) is 19.8 Å². The van der Waals surface area contributed by atoms with Crippen molar-refractivity contribution in [1.82, 2.24) is 14.2 Å². The van der Waals surface area contributed by atoms with Crippen LogP contribution in [0.25, 0.3) is 0 Å². The third kappa shape index (κ3) is 6.46. The van der Waals surface area contributed by atoms with Crippen molar-refractivity contribution in [3.05, 3.63) is 69.4 Å². The van der Waals surface area contributed by atoms with E-state index in [1.54, 1.807) is 0 Å². The van der Waals surface area contributed by atoms with E-state index in [1.165, 1.54) is 13.8 Å². The summed E-state index contributed by atoms with van der Waals surface area (Å²) in [6.45, 7) is 10.7. The molecule has 0 unspecified atom stereocenters. The Bertz CT molecular complexity index is 1040. The first-order valence-electron chi connectivity index (χ1n) is 9.06. The van der Waals surface area contributed by atoms with Crippen LogP contribution in [0.1, 0.15) is 13.8 Å². The number of carbonyl (C=O) groups excluding carboxylic acids is 3. The summed E-state index contributed by atoms with van der Waals surface area (Å²) in [4.78, 5) is 87.9. The first-order chi connectivity index (χ1) is 15.6. The smallest absolute Gasteiger partial charge is 0.450 e. The van der Waals surface area contributed by atoms with Gasteiger partial charge in [0.25, 0.3) is 0 Å². The molecule has 0 atom stereocenters. The fourth-order valence-electron chi connectivity index (χ4n) is 1.94. The molecular formula is C18H21N3O12. The second-order valence-electron chi connectivity index (χ2n) is 5.40. The lowest BCUT2D eigenvalue weighted by Gasteiger charge is -2.30. The molecule has 0 amide bonds. The molecule has 1 aromatic heterocycles. The Morgan fingerprint density at radius 2 is 1.15 bits per heavy atom. The van der Waals surface area contributed by atoms with E-state index in [9.17, 15) is 28.8 Å². The molecule has 0 aliphatic heterocycles. The van der Waals surface area contributed by atoms with E-state index >= 15 is 0 Å². The van der Waals surface area contributed by atoms with Crippen molar-refractivity contribution in [2.24, 2.45) is 0 Å².